The molecule has 0 spiro atoms. The van der Waals surface area contributed by atoms with Crippen molar-refractivity contribution in [3.63, 3.8) is 0 Å². The molecule has 2 N–H and O–H groups in total. The summed E-state index contributed by atoms with van der Waals surface area (Å²) in [4.78, 5) is 2.47. The largest absolute Gasteiger partial charge is 0.380 e. The summed E-state index contributed by atoms with van der Waals surface area (Å²) in [5, 5.41) is 0. The molecule has 108 valence electrons. The van der Waals surface area contributed by atoms with Gasteiger partial charge in [-0.25, -0.2) is 0 Å². The highest BCUT2D eigenvalue weighted by Crippen LogP contribution is 2.13. The maximum absolute atomic E-state index is 5.67. The van der Waals surface area contributed by atoms with Crippen LogP contribution in [0.25, 0.3) is 0 Å². The molecule has 0 radical (unpaired) electrons. The zero-order valence-electron chi connectivity index (χ0n) is 12.1. The van der Waals surface area contributed by atoms with Crippen LogP contribution in [-0.4, -0.2) is 57.0 Å². The van der Waals surface area contributed by atoms with Gasteiger partial charge in [-0.1, -0.05) is 13.8 Å². The zero-order valence-corrected chi connectivity index (χ0v) is 12.1. The normalized spacial score (nSPS) is 18.7. The topological polar surface area (TPSA) is 47.7 Å². The van der Waals surface area contributed by atoms with Crippen LogP contribution in [0.2, 0.25) is 0 Å². The standard InChI is InChI=1S/C14H30N2O2/c1-13(2)5-10-17-12-9-16-7-3-14(4-8-16)18-11-6-15/h13-14H,3-12,15H2,1-2H3. The van der Waals surface area contributed by atoms with E-state index < -0.39 is 0 Å². The first-order valence-corrected chi connectivity index (χ1v) is 7.34. The Kier molecular flexibility index (Phi) is 8.59. The summed E-state index contributed by atoms with van der Waals surface area (Å²) in [6.45, 7) is 10.9. The first kappa shape index (κ1) is 15.9. The van der Waals surface area contributed by atoms with Gasteiger partial charge in [0.05, 0.1) is 19.3 Å². The van der Waals surface area contributed by atoms with Crippen molar-refractivity contribution in [1.82, 2.24) is 4.90 Å². The third-order valence-electron chi connectivity index (χ3n) is 3.40. The van der Waals surface area contributed by atoms with Gasteiger partial charge in [0.15, 0.2) is 0 Å². The summed E-state index contributed by atoms with van der Waals surface area (Å²) in [6.07, 6.45) is 3.85. The highest BCUT2D eigenvalue weighted by Gasteiger charge is 2.18. The molecule has 4 heteroatoms. The van der Waals surface area contributed by atoms with Crippen LogP contribution in [0.1, 0.15) is 33.1 Å². The van der Waals surface area contributed by atoms with Crippen molar-refractivity contribution in [3.05, 3.63) is 0 Å². The highest BCUT2D eigenvalue weighted by atomic mass is 16.5. The van der Waals surface area contributed by atoms with E-state index in [0.717, 1.165) is 58.0 Å². The van der Waals surface area contributed by atoms with E-state index in [-0.39, 0.29) is 0 Å². The summed E-state index contributed by atoms with van der Waals surface area (Å²) < 4.78 is 11.3. The Bertz CT molecular complexity index is 192. The number of piperidine rings is 1. The zero-order chi connectivity index (χ0) is 13.2. The predicted octanol–water partition coefficient (Wildman–Crippen LogP) is 1.49. The van der Waals surface area contributed by atoms with Crippen LogP contribution >= 0.6 is 0 Å². The lowest BCUT2D eigenvalue weighted by Gasteiger charge is -2.31. The minimum atomic E-state index is 0.423. The van der Waals surface area contributed by atoms with Gasteiger partial charge in [-0.15, -0.1) is 0 Å². The van der Waals surface area contributed by atoms with Crippen molar-refractivity contribution in [1.29, 1.82) is 0 Å². The van der Waals surface area contributed by atoms with Crippen LogP contribution in [0.4, 0.5) is 0 Å². The minimum absolute atomic E-state index is 0.423. The van der Waals surface area contributed by atoms with E-state index >= 15 is 0 Å². The molecule has 1 aliphatic rings. The smallest absolute Gasteiger partial charge is 0.0600 e. The van der Waals surface area contributed by atoms with Crippen LogP contribution in [0.15, 0.2) is 0 Å². The molecule has 1 saturated heterocycles. The summed E-state index contributed by atoms with van der Waals surface area (Å²) in [5.41, 5.74) is 5.44. The minimum Gasteiger partial charge on any atom is -0.380 e. The maximum atomic E-state index is 5.67. The van der Waals surface area contributed by atoms with Crippen molar-refractivity contribution < 1.29 is 9.47 Å². The van der Waals surface area contributed by atoms with Crippen molar-refractivity contribution >= 4 is 0 Å². The Morgan fingerprint density at radius 2 is 1.89 bits per heavy atom. The number of rotatable bonds is 9. The van der Waals surface area contributed by atoms with Gasteiger partial charge >= 0.3 is 0 Å². The van der Waals surface area contributed by atoms with Crippen LogP contribution < -0.4 is 5.73 Å². The van der Waals surface area contributed by atoms with E-state index in [2.05, 4.69) is 18.7 Å². The average Bonchev–Trinajstić information content (AvgIpc) is 2.37. The van der Waals surface area contributed by atoms with Crippen LogP contribution in [0, 0.1) is 5.92 Å². The molecule has 0 atom stereocenters. The molecule has 0 aromatic carbocycles. The van der Waals surface area contributed by atoms with Gasteiger partial charge in [0.25, 0.3) is 0 Å². The molecule has 18 heavy (non-hydrogen) atoms. The Labute approximate surface area is 112 Å². The number of ether oxygens (including phenoxy) is 2. The second-order valence-electron chi connectivity index (χ2n) is 5.50. The molecule has 0 unspecified atom stereocenters. The first-order valence-electron chi connectivity index (χ1n) is 7.34. The van der Waals surface area contributed by atoms with Gasteiger partial charge in [0.1, 0.15) is 0 Å². The van der Waals surface area contributed by atoms with Crippen LogP contribution in [0.3, 0.4) is 0 Å². The van der Waals surface area contributed by atoms with Gasteiger partial charge in [-0.3, -0.25) is 0 Å². The molecule has 0 bridgehead atoms. The molecule has 0 aromatic heterocycles. The molecular formula is C14H30N2O2. The van der Waals surface area contributed by atoms with E-state index in [1.165, 1.54) is 0 Å². The van der Waals surface area contributed by atoms with Crippen LogP contribution in [0.5, 0.6) is 0 Å². The summed E-state index contributed by atoms with van der Waals surface area (Å²) in [6, 6.07) is 0. The Hall–Kier alpha value is -0.160. The second kappa shape index (κ2) is 9.73. The number of nitrogens with zero attached hydrogens (tertiary/aromatic N) is 1. The third-order valence-corrected chi connectivity index (χ3v) is 3.40. The van der Waals surface area contributed by atoms with Crippen molar-refractivity contribution in [3.8, 4) is 0 Å². The number of hydrogen-bond donors (Lipinski definition) is 1. The predicted molar refractivity (Wildman–Crippen MR) is 74.7 cm³/mol. The van der Waals surface area contributed by atoms with Crippen molar-refractivity contribution in [2.24, 2.45) is 11.7 Å². The number of hydrogen-bond acceptors (Lipinski definition) is 4. The fraction of sp³-hybridized carbons (Fsp3) is 1.00. The van der Waals surface area contributed by atoms with Gasteiger partial charge in [-0.05, 0) is 25.2 Å². The molecule has 1 rings (SSSR count). The van der Waals surface area contributed by atoms with E-state index in [1.54, 1.807) is 0 Å². The number of nitrogens with two attached hydrogens (primary N) is 1. The summed E-state index contributed by atoms with van der Waals surface area (Å²) in [7, 11) is 0. The third kappa shape index (κ3) is 7.31. The quantitative estimate of drug-likeness (QED) is 0.637. The fourth-order valence-corrected chi connectivity index (χ4v) is 2.15. The van der Waals surface area contributed by atoms with Crippen molar-refractivity contribution in [2.75, 3.05) is 46.0 Å². The fourth-order valence-electron chi connectivity index (χ4n) is 2.15. The van der Waals surface area contributed by atoms with Gasteiger partial charge in [-0.2, -0.15) is 0 Å². The maximum Gasteiger partial charge on any atom is 0.0600 e. The summed E-state index contributed by atoms with van der Waals surface area (Å²) >= 11 is 0. The van der Waals surface area contributed by atoms with Gasteiger partial charge in [0.2, 0.25) is 0 Å². The van der Waals surface area contributed by atoms with Crippen molar-refractivity contribution in [2.45, 2.75) is 39.2 Å². The van der Waals surface area contributed by atoms with E-state index in [4.69, 9.17) is 15.2 Å². The van der Waals surface area contributed by atoms with E-state index in [0.29, 0.717) is 19.3 Å². The van der Waals surface area contributed by atoms with Gasteiger partial charge < -0.3 is 20.1 Å². The Morgan fingerprint density at radius 3 is 2.50 bits per heavy atom. The lowest BCUT2D eigenvalue weighted by atomic mass is 10.1. The highest BCUT2D eigenvalue weighted by molar-refractivity contribution is 4.72. The number of likely N-dealkylation sites (tertiary alicyclic amines) is 1. The molecule has 0 aliphatic carbocycles. The molecule has 4 nitrogen and oxygen atoms in total. The lowest BCUT2D eigenvalue weighted by Crippen LogP contribution is -2.39. The van der Waals surface area contributed by atoms with E-state index in [9.17, 15) is 0 Å². The molecule has 0 saturated carbocycles. The van der Waals surface area contributed by atoms with E-state index in [1.807, 2.05) is 0 Å². The average molecular weight is 258 g/mol. The monoisotopic (exact) mass is 258 g/mol. The molecule has 1 heterocycles. The Balaban J connectivity index is 1.95. The Morgan fingerprint density at radius 1 is 1.17 bits per heavy atom. The second-order valence-corrected chi connectivity index (χ2v) is 5.50. The molecule has 1 aliphatic heterocycles. The molecule has 1 fully saturated rings. The SMILES string of the molecule is CC(C)CCOCCN1CCC(OCCN)CC1. The van der Waals surface area contributed by atoms with Crippen LogP contribution in [-0.2, 0) is 9.47 Å². The summed E-state index contributed by atoms with van der Waals surface area (Å²) in [5.74, 6) is 0.737. The first-order chi connectivity index (χ1) is 8.72. The molecule has 0 aromatic rings. The molecular weight excluding hydrogens is 228 g/mol. The lowest BCUT2D eigenvalue weighted by molar-refractivity contribution is 0.00403. The van der Waals surface area contributed by atoms with Gasteiger partial charge in [0, 0.05) is 32.8 Å². The molecule has 0 amide bonds.